The molecule has 1 aliphatic rings. The molecule has 2 nitrogen and oxygen atoms in total. The number of hydrogen-bond acceptors (Lipinski definition) is 2. The predicted molar refractivity (Wildman–Crippen MR) is 68.9 cm³/mol. The molecule has 1 aliphatic heterocycles. The van der Waals surface area contributed by atoms with Gasteiger partial charge in [0.05, 0.1) is 6.67 Å². The highest BCUT2D eigenvalue weighted by Gasteiger charge is 2.90. The molecule has 0 aromatic rings. The van der Waals surface area contributed by atoms with Gasteiger partial charge in [-0.05, 0) is 0 Å². The fourth-order valence-electron chi connectivity index (χ4n) is 2.17. The zero-order valence-corrected chi connectivity index (χ0v) is 14.7. The van der Waals surface area contributed by atoms with Crippen LogP contribution in [0.3, 0.4) is 0 Å². The highest BCUT2D eigenvalue weighted by Crippen LogP contribution is 2.60. The second-order valence-electron chi connectivity index (χ2n) is 6.36. The lowest BCUT2D eigenvalue weighted by Gasteiger charge is -2.40. The third kappa shape index (κ3) is 4.22. The van der Waals surface area contributed by atoms with Gasteiger partial charge in [-0.15, -0.1) is 0 Å². The first-order valence-corrected chi connectivity index (χ1v) is 7.69. The van der Waals surface area contributed by atoms with Crippen LogP contribution in [-0.4, -0.2) is 71.3 Å². The number of hydrogen-bond donors (Lipinski definition) is 0. The summed E-state index contributed by atoms with van der Waals surface area (Å²) in [6, 6.07) is -4.89. The predicted octanol–water partition coefficient (Wildman–Crippen LogP) is 6.02. The lowest BCUT2D eigenvalue weighted by atomic mass is 9.92. The van der Waals surface area contributed by atoms with Crippen molar-refractivity contribution in [2.45, 2.75) is 54.7 Å². The maximum absolute atomic E-state index is 13.6. The lowest BCUT2D eigenvalue weighted by molar-refractivity contribution is -0.440. The van der Waals surface area contributed by atoms with Crippen molar-refractivity contribution in [1.82, 2.24) is 9.80 Å². The topological polar surface area (TPSA) is 6.48 Å². The monoisotopic (exact) mass is 516 g/mol. The molecule has 32 heavy (non-hydrogen) atoms. The number of alkyl halides is 17. The molecule has 1 rings (SSSR count). The Balaban J connectivity index is 3.07. The maximum atomic E-state index is 13.6. The second-order valence-corrected chi connectivity index (χ2v) is 6.36. The fraction of sp³-hybridized carbons (Fsp3) is 0.846. The molecule has 0 amide bonds. The molecule has 190 valence electrons. The molecule has 0 spiro atoms. The molecule has 0 radical (unpaired) electrons. The molecule has 0 bridgehead atoms. The Morgan fingerprint density at radius 3 is 1.47 bits per heavy atom. The van der Waals surface area contributed by atoms with Crippen LogP contribution in [0.1, 0.15) is 6.42 Å². The Hall–Kier alpha value is -1.85. The summed E-state index contributed by atoms with van der Waals surface area (Å²) in [5, 5.41) is 0. The van der Waals surface area contributed by atoms with Gasteiger partial charge >= 0.3 is 48.3 Å². The van der Waals surface area contributed by atoms with E-state index in [0.29, 0.717) is 6.20 Å². The first-order chi connectivity index (χ1) is 13.9. The molecule has 0 fully saturated rings. The second kappa shape index (κ2) is 7.88. The standard InChI is InChI=1S/C13H9F17N2/c14-6(15)8(18,19)32-4-3-31(5-32)2-1-7(16,17)9(20,21)10(22,23)11(24,25)12(26,27)13(28,29)30/h3-4,6H,1-2,5H2. The largest absolute Gasteiger partial charge is 0.460 e. The molecule has 0 N–H and O–H groups in total. The SMILES string of the molecule is FC(F)C(F)(F)N1C=CN(CCC(F)(F)C(F)(F)C(F)(F)C(F)(F)C(F)(F)C(F)(F)F)C1. The van der Waals surface area contributed by atoms with E-state index in [1.165, 1.54) is 0 Å². The van der Waals surface area contributed by atoms with E-state index in [-0.39, 0.29) is 11.1 Å². The zero-order chi connectivity index (χ0) is 25.8. The van der Waals surface area contributed by atoms with Crippen LogP contribution in [-0.2, 0) is 0 Å². The summed E-state index contributed by atoms with van der Waals surface area (Å²) >= 11 is 0. The Morgan fingerprint density at radius 2 is 1.06 bits per heavy atom. The van der Waals surface area contributed by atoms with E-state index in [2.05, 4.69) is 0 Å². The van der Waals surface area contributed by atoms with Crippen molar-refractivity contribution in [3.05, 3.63) is 12.4 Å². The van der Waals surface area contributed by atoms with E-state index in [1.54, 1.807) is 0 Å². The minimum atomic E-state index is -8.05. The van der Waals surface area contributed by atoms with E-state index in [0.717, 1.165) is 0 Å². The molecular formula is C13H9F17N2. The van der Waals surface area contributed by atoms with Crippen LogP contribution in [0.15, 0.2) is 12.4 Å². The molecule has 0 saturated carbocycles. The van der Waals surface area contributed by atoms with Crippen LogP contribution < -0.4 is 0 Å². The van der Waals surface area contributed by atoms with Gasteiger partial charge in [0, 0.05) is 25.4 Å². The van der Waals surface area contributed by atoms with E-state index in [4.69, 9.17) is 0 Å². The van der Waals surface area contributed by atoms with Gasteiger partial charge in [0.2, 0.25) is 0 Å². The summed E-state index contributed by atoms with van der Waals surface area (Å²) in [5.41, 5.74) is 0. The summed E-state index contributed by atoms with van der Waals surface area (Å²) in [7, 11) is 0. The molecule has 1 heterocycles. The molecule has 0 aromatic carbocycles. The minimum Gasteiger partial charge on any atom is -0.358 e. The van der Waals surface area contributed by atoms with Crippen LogP contribution in [0.4, 0.5) is 74.6 Å². The molecule has 19 heteroatoms. The molecule has 0 unspecified atom stereocenters. The summed E-state index contributed by atoms with van der Waals surface area (Å²) in [5.74, 6) is -37.8. The van der Waals surface area contributed by atoms with Crippen molar-refractivity contribution >= 4 is 0 Å². The van der Waals surface area contributed by atoms with Gasteiger partial charge in [-0.1, -0.05) is 0 Å². The van der Waals surface area contributed by atoms with Crippen molar-refractivity contribution < 1.29 is 74.6 Å². The van der Waals surface area contributed by atoms with Crippen LogP contribution in [0, 0.1) is 0 Å². The van der Waals surface area contributed by atoms with Crippen molar-refractivity contribution in [2.75, 3.05) is 13.2 Å². The third-order valence-electron chi connectivity index (χ3n) is 4.15. The Morgan fingerprint density at radius 1 is 0.625 bits per heavy atom. The van der Waals surface area contributed by atoms with Gasteiger partial charge in [0.15, 0.2) is 0 Å². The van der Waals surface area contributed by atoms with E-state index >= 15 is 0 Å². The lowest BCUT2D eigenvalue weighted by Crippen LogP contribution is -2.70. The average Bonchev–Trinajstić information content (AvgIpc) is 3.08. The molecule has 0 saturated heterocycles. The average molecular weight is 516 g/mol. The number of rotatable bonds is 9. The first-order valence-electron chi connectivity index (χ1n) is 7.69. The van der Waals surface area contributed by atoms with E-state index in [1.807, 2.05) is 0 Å². The van der Waals surface area contributed by atoms with Crippen molar-refractivity contribution in [2.24, 2.45) is 0 Å². The maximum Gasteiger partial charge on any atom is 0.460 e. The van der Waals surface area contributed by atoms with Gasteiger partial charge in [-0.25, -0.2) is 8.78 Å². The number of halogens is 17. The van der Waals surface area contributed by atoms with Crippen LogP contribution in [0.25, 0.3) is 0 Å². The highest BCUT2D eigenvalue weighted by molar-refractivity contribution is 5.10. The zero-order valence-electron chi connectivity index (χ0n) is 14.7. The van der Waals surface area contributed by atoms with Gasteiger partial charge in [0.25, 0.3) is 0 Å². The Labute approximate surface area is 166 Å². The molecule has 0 atom stereocenters. The van der Waals surface area contributed by atoms with E-state index < -0.39 is 72.8 Å². The molecular weight excluding hydrogens is 507 g/mol. The van der Waals surface area contributed by atoms with Crippen LogP contribution in [0.2, 0.25) is 0 Å². The first kappa shape index (κ1) is 28.2. The van der Waals surface area contributed by atoms with Crippen molar-refractivity contribution in [3.63, 3.8) is 0 Å². The van der Waals surface area contributed by atoms with Crippen LogP contribution in [0.5, 0.6) is 0 Å². The van der Waals surface area contributed by atoms with Crippen molar-refractivity contribution in [1.29, 1.82) is 0 Å². The third-order valence-corrected chi connectivity index (χ3v) is 4.15. The molecule has 0 aromatic heterocycles. The fourth-order valence-corrected chi connectivity index (χ4v) is 2.17. The van der Waals surface area contributed by atoms with E-state index in [9.17, 15) is 74.6 Å². The molecule has 0 aliphatic carbocycles. The van der Waals surface area contributed by atoms with Crippen LogP contribution >= 0.6 is 0 Å². The minimum absolute atomic E-state index is 0.126. The Bertz CT molecular complexity index is 695. The summed E-state index contributed by atoms with van der Waals surface area (Å²) in [6.07, 6.45) is -14.1. The van der Waals surface area contributed by atoms with Gasteiger partial charge in [-0.3, -0.25) is 4.90 Å². The summed E-state index contributed by atoms with van der Waals surface area (Å²) in [6.45, 7) is -3.09. The highest BCUT2D eigenvalue weighted by atomic mass is 19.4. The summed E-state index contributed by atoms with van der Waals surface area (Å²) in [4.78, 5) is -0.374. The Kier molecular flexibility index (Phi) is 6.94. The van der Waals surface area contributed by atoms with Gasteiger partial charge in [-0.2, -0.15) is 65.9 Å². The number of nitrogens with zero attached hydrogens (tertiary/aromatic N) is 2. The normalized spacial score (nSPS) is 17.7. The summed E-state index contributed by atoms with van der Waals surface area (Å²) < 4.78 is 219. The van der Waals surface area contributed by atoms with Crippen molar-refractivity contribution in [3.8, 4) is 0 Å². The smallest absolute Gasteiger partial charge is 0.358 e. The van der Waals surface area contributed by atoms with Gasteiger partial charge in [0.1, 0.15) is 0 Å². The quantitative estimate of drug-likeness (QED) is 0.273. The van der Waals surface area contributed by atoms with Gasteiger partial charge < -0.3 is 4.90 Å².